The van der Waals surface area contributed by atoms with Gasteiger partial charge in [-0.05, 0) is 68.2 Å². The van der Waals surface area contributed by atoms with Crippen molar-refractivity contribution in [3.63, 3.8) is 0 Å². The summed E-state index contributed by atoms with van der Waals surface area (Å²) in [6.45, 7) is 1.76. The number of benzene rings is 2. The van der Waals surface area contributed by atoms with E-state index in [1.165, 1.54) is 29.2 Å². The van der Waals surface area contributed by atoms with E-state index in [1.54, 1.807) is 30.3 Å². The Bertz CT molecular complexity index is 1400. The summed E-state index contributed by atoms with van der Waals surface area (Å²) in [6.07, 6.45) is 2.19. The Hall–Kier alpha value is -3.08. The van der Waals surface area contributed by atoms with Crippen LogP contribution in [0.5, 0.6) is 0 Å². The zero-order valence-electron chi connectivity index (χ0n) is 19.5. The number of aryl methyl sites for hydroxylation is 1. The number of sulfone groups is 1. The molecule has 0 fully saturated rings. The fourth-order valence-corrected chi connectivity index (χ4v) is 4.65. The Labute approximate surface area is 197 Å². The summed E-state index contributed by atoms with van der Waals surface area (Å²) in [5.74, 6) is -1.42. The van der Waals surface area contributed by atoms with Gasteiger partial charge in [0.25, 0.3) is 11.5 Å². The van der Waals surface area contributed by atoms with Crippen LogP contribution >= 0.6 is 0 Å². The van der Waals surface area contributed by atoms with E-state index in [1.807, 2.05) is 25.1 Å². The quantitative estimate of drug-likeness (QED) is 0.372. The summed E-state index contributed by atoms with van der Waals surface area (Å²) in [7, 11) is -0.0617. The third kappa shape index (κ3) is 5.03. The van der Waals surface area contributed by atoms with Crippen LogP contribution in [0.4, 0.5) is 4.39 Å². The molecule has 1 heterocycles. The molecule has 8 nitrogen and oxygen atoms in total. The van der Waals surface area contributed by atoms with Gasteiger partial charge in [0.15, 0.2) is 14.6 Å². The molecular weight excluding hydrogens is 461 g/mol. The van der Waals surface area contributed by atoms with Crippen molar-refractivity contribution in [2.45, 2.75) is 31.2 Å². The van der Waals surface area contributed by atoms with Crippen LogP contribution in [-0.2, 0) is 27.7 Å². The van der Waals surface area contributed by atoms with Crippen molar-refractivity contribution in [3.05, 3.63) is 70.4 Å². The largest absolute Gasteiger partial charge is 0.315 e. The number of pyridine rings is 1. The summed E-state index contributed by atoms with van der Waals surface area (Å²) >= 11 is 0. The number of halogens is 1. The summed E-state index contributed by atoms with van der Waals surface area (Å²) in [6, 6.07) is 11.8. The maximum Gasteiger partial charge on any atom is 0.264 e. The highest BCUT2D eigenvalue weighted by Crippen LogP contribution is 2.27. The first-order valence-corrected chi connectivity index (χ1v) is 12.5. The first kappa shape index (κ1) is 25.5. The molecule has 0 unspecified atom stereocenters. The minimum atomic E-state index is -3.88. The number of hydroxylamine groups is 1. The number of carbonyl (C=O) groups excluding carboxylic acids is 1. The molecule has 0 aliphatic carbocycles. The summed E-state index contributed by atoms with van der Waals surface area (Å²) in [5, 5.41) is 9.94. The van der Waals surface area contributed by atoms with Crippen molar-refractivity contribution in [2.75, 3.05) is 20.4 Å². The molecule has 0 bridgehead atoms. The first-order valence-electron chi connectivity index (χ1n) is 10.6. The van der Waals surface area contributed by atoms with Crippen LogP contribution in [0.2, 0.25) is 0 Å². The molecule has 34 heavy (non-hydrogen) atoms. The number of hydrogen-bond acceptors (Lipinski definition) is 6. The third-order valence-electron chi connectivity index (χ3n) is 6.05. The van der Waals surface area contributed by atoms with Crippen LogP contribution in [0.3, 0.4) is 0 Å². The van der Waals surface area contributed by atoms with Gasteiger partial charge in [-0.25, -0.2) is 18.3 Å². The topological polar surface area (TPSA) is 109 Å². The highest BCUT2D eigenvalue weighted by atomic mass is 32.2. The number of amides is 1. The number of aromatic nitrogens is 1. The molecule has 0 radical (unpaired) electrons. The van der Waals surface area contributed by atoms with Crippen LogP contribution in [0.25, 0.3) is 21.9 Å². The van der Waals surface area contributed by atoms with Gasteiger partial charge < -0.3 is 9.47 Å². The van der Waals surface area contributed by atoms with Gasteiger partial charge in [-0.1, -0.05) is 18.2 Å². The second-order valence-corrected chi connectivity index (χ2v) is 11.3. The summed E-state index contributed by atoms with van der Waals surface area (Å²) in [5.41, 5.74) is 2.93. The van der Waals surface area contributed by atoms with Crippen molar-refractivity contribution in [2.24, 2.45) is 0 Å². The molecule has 0 aliphatic heterocycles. The highest BCUT2D eigenvalue weighted by Gasteiger charge is 2.43. The maximum absolute atomic E-state index is 14.7. The normalized spacial score (nSPS) is 13.7. The molecule has 0 aliphatic rings. The van der Waals surface area contributed by atoms with Crippen molar-refractivity contribution in [3.8, 4) is 11.1 Å². The van der Waals surface area contributed by atoms with Crippen molar-refractivity contribution >= 4 is 26.5 Å². The Morgan fingerprint density at radius 2 is 1.88 bits per heavy atom. The Morgan fingerprint density at radius 1 is 1.18 bits per heavy atom. The molecule has 2 aromatic carbocycles. The van der Waals surface area contributed by atoms with Gasteiger partial charge in [0.2, 0.25) is 0 Å². The SMILES string of the molecule is CN(C)Cc1ccc(-c2ccc3c(=O)n(CC[C@](C)(C(=O)NO)S(C)(=O)=O)ccc3c2)c(F)c1. The zero-order valence-corrected chi connectivity index (χ0v) is 20.3. The van der Waals surface area contributed by atoms with E-state index < -0.39 is 20.5 Å². The van der Waals surface area contributed by atoms with Gasteiger partial charge in [-0.15, -0.1) is 0 Å². The lowest BCUT2D eigenvalue weighted by molar-refractivity contribution is -0.131. The number of nitrogens with one attached hydrogen (secondary N) is 1. The average Bonchev–Trinajstić information content (AvgIpc) is 2.76. The predicted molar refractivity (Wildman–Crippen MR) is 129 cm³/mol. The molecule has 0 spiro atoms. The van der Waals surface area contributed by atoms with E-state index in [4.69, 9.17) is 5.21 Å². The number of nitrogens with zero attached hydrogens (tertiary/aromatic N) is 2. The number of hydrogen-bond donors (Lipinski definition) is 2. The van der Waals surface area contributed by atoms with Crippen molar-refractivity contribution < 1.29 is 22.8 Å². The lowest BCUT2D eigenvalue weighted by Gasteiger charge is -2.25. The molecular formula is C24H28FN3O5S. The fourth-order valence-electron chi connectivity index (χ4n) is 3.81. The molecule has 182 valence electrons. The monoisotopic (exact) mass is 489 g/mol. The molecule has 0 saturated heterocycles. The molecule has 10 heteroatoms. The fraction of sp³-hybridized carbons (Fsp3) is 0.333. The Morgan fingerprint density at radius 3 is 2.47 bits per heavy atom. The van der Waals surface area contributed by atoms with Crippen LogP contribution in [0, 0.1) is 5.82 Å². The molecule has 2 N–H and O–H groups in total. The molecule has 1 amide bonds. The maximum atomic E-state index is 14.7. The van der Waals surface area contributed by atoms with Crippen LogP contribution in [-0.4, -0.2) is 54.1 Å². The van der Waals surface area contributed by atoms with E-state index in [0.29, 0.717) is 28.4 Å². The second kappa shape index (κ2) is 9.65. The Balaban J connectivity index is 1.93. The molecule has 1 atom stereocenters. The minimum Gasteiger partial charge on any atom is -0.315 e. The third-order valence-corrected chi connectivity index (χ3v) is 8.08. The average molecular weight is 490 g/mol. The smallest absolute Gasteiger partial charge is 0.264 e. The van der Waals surface area contributed by atoms with Crippen molar-refractivity contribution in [1.82, 2.24) is 14.9 Å². The van der Waals surface area contributed by atoms with Gasteiger partial charge in [0.1, 0.15) is 5.82 Å². The van der Waals surface area contributed by atoms with E-state index in [0.717, 1.165) is 11.8 Å². The summed E-state index contributed by atoms with van der Waals surface area (Å²) < 4.78 is 38.5. The van der Waals surface area contributed by atoms with E-state index in [-0.39, 0.29) is 24.3 Å². The Kier molecular flexibility index (Phi) is 7.25. The molecule has 3 aromatic rings. The second-order valence-electron chi connectivity index (χ2n) is 8.86. The van der Waals surface area contributed by atoms with Crippen LogP contribution in [0.15, 0.2) is 53.5 Å². The standard InChI is InChI=1S/C24H28FN3O5S/c1-24(23(30)26-31,34(4,32)33)10-12-28-11-9-18-14-17(6-8-20(18)22(28)29)19-7-5-16(13-21(19)25)15-27(2)3/h5-9,11,13-14,31H,10,12,15H2,1-4H3,(H,26,30)/t24-/m1/s1. The van der Waals surface area contributed by atoms with Crippen molar-refractivity contribution in [1.29, 1.82) is 0 Å². The lowest BCUT2D eigenvalue weighted by Crippen LogP contribution is -2.49. The number of rotatable bonds is 8. The van der Waals surface area contributed by atoms with Gasteiger partial charge in [0, 0.05) is 36.5 Å². The zero-order chi connectivity index (χ0) is 25.3. The molecule has 1 aromatic heterocycles. The number of carbonyl (C=O) groups is 1. The van der Waals surface area contributed by atoms with Crippen LogP contribution < -0.4 is 11.0 Å². The first-order chi connectivity index (χ1) is 15.9. The van der Waals surface area contributed by atoms with Gasteiger partial charge in [0.05, 0.1) is 0 Å². The molecule has 0 saturated carbocycles. The van der Waals surface area contributed by atoms with E-state index in [9.17, 15) is 22.4 Å². The molecule has 3 rings (SSSR count). The van der Waals surface area contributed by atoms with Crippen LogP contribution in [0.1, 0.15) is 18.9 Å². The summed E-state index contributed by atoms with van der Waals surface area (Å²) in [4.78, 5) is 26.9. The van der Waals surface area contributed by atoms with Gasteiger partial charge >= 0.3 is 0 Å². The van der Waals surface area contributed by atoms with E-state index in [2.05, 4.69) is 0 Å². The van der Waals surface area contributed by atoms with Gasteiger partial charge in [-0.3, -0.25) is 14.8 Å². The van der Waals surface area contributed by atoms with E-state index >= 15 is 0 Å². The highest BCUT2D eigenvalue weighted by molar-refractivity contribution is 7.92. The minimum absolute atomic E-state index is 0.0600. The number of fused-ring (bicyclic) bond motifs is 1. The lowest BCUT2D eigenvalue weighted by atomic mass is 10.00. The predicted octanol–water partition coefficient (Wildman–Crippen LogP) is 2.57. The van der Waals surface area contributed by atoms with Gasteiger partial charge in [-0.2, -0.15) is 0 Å².